The standard InChI is InChI=1S/C13H14F2N2O2/c14-12(15)11(18)7-16-6-9-5-8-3-1-2-4-10(8)17-13(9)19/h1-5,11-12,16,18H,6-7H2,(H,17,19). The molecule has 0 aliphatic carbocycles. The Hall–Kier alpha value is -1.79. The van der Waals surface area contributed by atoms with E-state index < -0.39 is 12.5 Å². The van der Waals surface area contributed by atoms with Crippen LogP contribution < -0.4 is 10.9 Å². The molecule has 0 bridgehead atoms. The molecule has 4 nitrogen and oxygen atoms in total. The summed E-state index contributed by atoms with van der Waals surface area (Å²) in [7, 11) is 0. The summed E-state index contributed by atoms with van der Waals surface area (Å²) in [5, 5.41) is 12.5. The summed E-state index contributed by atoms with van der Waals surface area (Å²) < 4.78 is 24.2. The number of aromatic nitrogens is 1. The monoisotopic (exact) mass is 268 g/mol. The maximum atomic E-state index is 12.1. The molecule has 1 heterocycles. The average molecular weight is 268 g/mol. The van der Waals surface area contributed by atoms with Crippen LogP contribution in [0.5, 0.6) is 0 Å². The third-order valence-electron chi connectivity index (χ3n) is 2.79. The van der Waals surface area contributed by atoms with E-state index in [1.54, 1.807) is 12.1 Å². The smallest absolute Gasteiger partial charge is 0.265 e. The Morgan fingerprint density at radius 1 is 1.32 bits per heavy atom. The van der Waals surface area contributed by atoms with Crippen molar-refractivity contribution in [2.45, 2.75) is 19.1 Å². The lowest BCUT2D eigenvalue weighted by atomic mass is 10.1. The first-order valence-electron chi connectivity index (χ1n) is 5.86. The molecule has 0 aliphatic heterocycles. The SMILES string of the molecule is O=c1[nH]c2ccccc2cc1CNCC(O)C(F)F. The largest absolute Gasteiger partial charge is 0.386 e. The summed E-state index contributed by atoms with van der Waals surface area (Å²) in [5.74, 6) is 0. The van der Waals surface area contributed by atoms with Crippen molar-refractivity contribution in [3.05, 3.63) is 46.2 Å². The molecule has 19 heavy (non-hydrogen) atoms. The van der Waals surface area contributed by atoms with Gasteiger partial charge in [0.25, 0.3) is 12.0 Å². The predicted octanol–water partition coefficient (Wildman–Crippen LogP) is 1.24. The molecule has 0 aliphatic rings. The molecular formula is C13H14F2N2O2. The molecule has 1 atom stereocenters. The number of pyridine rings is 1. The number of nitrogens with one attached hydrogen (secondary N) is 2. The Morgan fingerprint density at radius 3 is 2.79 bits per heavy atom. The topological polar surface area (TPSA) is 65.1 Å². The van der Waals surface area contributed by atoms with E-state index in [-0.39, 0.29) is 18.6 Å². The van der Waals surface area contributed by atoms with Crippen LogP contribution in [0.15, 0.2) is 35.1 Å². The van der Waals surface area contributed by atoms with Crippen LogP contribution in [0, 0.1) is 0 Å². The maximum Gasteiger partial charge on any atom is 0.265 e. The second-order valence-corrected chi connectivity index (χ2v) is 4.24. The molecular weight excluding hydrogens is 254 g/mol. The highest BCUT2D eigenvalue weighted by atomic mass is 19.3. The van der Waals surface area contributed by atoms with Crippen LogP contribution >= 0.6 is 0 Å². The molecule has 2 aromatic rings. The Balaban J connectivity index is 2.08. The van der Waals surface area contributed by atoms with E-state index in [9.17, 15) is 13.6 Å². The number of alkyl halides is 2. The predicted molar refractivity (Wildman–Crippen MR) is 68.3 cm³/mol. The number of hydrogen-bond donors (Lipinski definition) is 3. The van der Waals surface area contributed by atoms with Gasteiger partial charge >= 0.3 is 0 Å². The molecule has 0 amide bonds. The van der Waals surface area contributed by atoms with Crippen molar-refractivity contribution >= 4 is 10.9 Å². The first-order valence-corrected chi connectivity index (χ1v) is 5.86. The summed E-state index contributed by atoms with van der Waals surface area (Å²) in [6.07, 6.45) is -4.51. The zero-order valence-corrected chi connectivity index (χ0v) is 10.1. The number of fused-ring (bicyclic) bond motifs is 1. The zero-order valence-electron chi connectivity index (χ0n) is 10.1. The number of rotatable bonds is 5. The zero-order chi connectivity index (χ0) is 13.8. The third kappa shape index (κ3) is 3.36. The molecule has 1 aromatic carbocycles. The van der Waals surface area contributed by atoms with Crippen molar-refractivity contribution < 1.29 is 13.9 Å². The molecule has 2 rings (SSSR count). The van der Waals surface area contributed by atoms with E-state index in [0.29, 0.717) is 5.56 Å². The van der Waals surface area contributed by atoms with Gasteiger partial charge in [0, 0.05) is 24.2 Å². The van der Waals surface area contributed by atoms with Crippen LogP contribution in [0.3, 0.4) is 0 Å². The Bertz CT molecular complexity index is 613. The van der Waals surface area contributed by atoms with E-state index in [0.717, 1.165) is 10.9 Å². The number of aromatic amines is 1. The van der Waals surface area contributed by atoms with E-state index >= 15 is 0 Å². The van der Waals surface area contributed by atoms with Gasteiger partial charge in [-0.2, -0.15) is 0 Å². The van der Waals surface area contributed by atoms with E-state index in [4.69, 9.17) is 5.11 Å². The summed E-state index contributed by atoms with van der Waals surface area (Å²) in [6.45, 7) is -0.131. The minimum atomic E-state index is -2.79. The highest BCUT2D eigenvalue weighted by Gasteiger charge is 2.15. The first-order chi connectivity index (χ1) is 9.08. The van der Waals surface area contributed by atoms with E-state index in [1.165, 1.54) is 0 Å². The van der Waals surface area contributed by atoms with Crippen molar-refractivity contribution in [1.82, 2.24) is 10.3 Å². The van der Waals surface area contributed by atoms with Crippen LogP contribution in [0.1, 0.15) is 5.56 Å². The van der Waals surface area contributed by atoms with Gasteiger partial charge in [-0.1, -0.05) is 18.2 Å². The number of aliphatic hydroxyl groups is 1. The van der Waals surface area contributed by atoms with Gasteiger partial charge in [0.1, 0.15) is 6.10 Å². The van der Waals surface area contributed by atoms with Crippen molar-refractivity contribution in [2.75, 3.05) is 6.54 Å². The molecule has 102 valence electrons. The first kappa shape index (κ1) is 13.6. The minimum Gasteiger partial charge on any atom is -0.386 e. The Labute approximate surface area is 108 Å². The normalized spacial score (nSPS) is 13.1. The number of para-hydroxylation sites is 1. The lowest BCUT2D eigenvalue weighted by Crippen LogP contribution is -2.33. The van der Waals surface area contributed by atoms with Crippen molar-refractivity contribution in [2.24, 2.45) is 0 Å². The Morgan fingerprint density at radius 2 is 2.05 bits per heavy atom. The fourth-order valence-corrected chi connectivity index (χ4v) is 1.77. The van der Waals surface area contributed by atoms with Gasteiger partial charge in [-0.3, -0.25) is 4.79 Å². The van der Waals surface area contributed by atoms with Gasteiger partial charge in [0.05, 0.1) is 0 Å². The number of aliphatic hydroxyl groups excluding tert-OH is 1. The van der Waals surface area contributed by atoms with Gasteiger partial charge in [0.15, 0.2) is 0 Å². The number of benzene rings is 1. The Kier molecular flexibility index (Phi) is 4.24. The molecule has 3 N–H and O–H groups in total. The summed E-state index contributed by atoms with van der Waals surface area (Å²) in [6, 6.07) is 9.00. The van der Waals surface area contributed by atoms with Gasteiger partial charge in [-0.05, 0) is 17.5 Å². The van der Waals surface area contributed by atoms with Crippen molar-refractivity contribution in [1.29, 1.82) is 0 Å². The van der Waals surface area contributed by atoms with Crippen LogP contribution in [0.4, 0.5) is 8.78 Å². The maximum absolute atomic E-state index is 12.1. The summed E-state index contributed by atoms with van der Waals surface area (Å²) in [4.78, 5) is 14.4. The molecule has 1 aromatic heterocycles. The van der Waals surface area contributed by atoms with E-state index in [2.05, 4.69) is 10.3 Å². The van der Waals surface area contributed by atoms with E-state index in [1.807, 2.05) is 18.2 Å². The highest BCUT2D eigenvalue weighted by molar-refractivity contribution is 5.78. The molecule has 6 heteroatoms. The van der Waals surface area contributed by atoms with Gasteiger partial charge in [-0.25, -0.2) is 8.78 Å². The molecule has 0 spiro atoms. The highest BCUT2D eigenvalue weighted by Crippen LogP contribution is 2.09. The minimum absolute atomic E-state index is 0.129. The lowest BCUT2D eigenvalue weighted by molar-refractivity contribution is -0.00341. The lowest BCUT2D eigenvalue weighted by Gasteiger charge is -2.10. The van der Waals surface area contributed by atoms with Crippen LogP contribution in [-0.2, 0) is 6.54 Å². The fraction of sp³-hybridized carbons (Fsp3) is 0.308. The van der Waals surface area contributed by atoms with Gasteiger partial charge in [-0.15, -0.1) is 0 Å². The molecule has 0 saturated carbocycles. The van der Waals surface area contributed by atoms with Gasteiger partial charge in [0.2, 0.25) is 0 Å². The molecule has 0 radical (unpaired) electrons. The average Bonchev–Trinajstić information content (AvgIpc) is 2.39. The third-order valence-corrected chi connectivity index (χ3v) is 2.79. The molecule has 1 unspecified atom stereocenters. The number of H-pyrrole nitrogens is 1. The summed E-state index contributed by atoms with van der Waals surface area (Å²) in [5.41, 5.74) is 0.904. The fourth-order valence-electron chi connectivity index (χ4n) is 1.77. The second kappa shape index (κ2) is 5.90. The van der Waals surface area contributed by atoms with Gasteiger partial charge < -0.3 is 15.4 Å². The van der Waals surface area contributed by atoms with Crippen LogP contribution in [0.2, 0.25) is 0 Å². The van der Waals surface area contributed by atoms with Crippen LogP contribution in [-0.4, -0.2) is 29.2 Å². The van der Waals surface area contributed by atoms with Crippen molar-refractivity contribution in [3.63, 3.8) is 0 Å². The van der Waals surface area contributed by atoms with Crippen molar-refractivity contribution in [3.8, 4) is 0 Å². The summed E-state index contributed by atoms with van der Waals surface area (Å²) >= 11 is 0. The quantitative estimate of drug-likeness (QED) is 0.764. The molecule has 0 saturated heterocycles. The molecule has 0 fully saturated rings. The number of halogens is 2. The van der Waals surface area contributed by atoms with Crippen LogP contribution in [0.25, 0.3) is 10.9 Å². The second-order valence-electron chi connectivity index (χ2n) is 4.24. The number of hydrogen-bond acceptors (Lipinski definition) is 3.